The summed E-state index contributed by atoms with van der Waals surface area (Å²) in [5.74, 6) is 0.181. The number of rotatable bonds is 7. The monoisotopic (exact) mass is 362 g/mol. The van der Waals surface area contributed by atoms with Crippen LogP contribution in [0.3, 0.4) is 0 Å². The van der Waals surface area contributed by atoms with E-state index in [2.05, 4.69) is 23.4 Å². The van der Waals surface area contributed by atoms with Crippen molar-refractivity contribution in [3.8, 4) is 0 Å². The molecule has 1 heterocycles. The number of carbonyl (C=O) groups excluding carboxylic acids is 1. The summed E-state index contributed by atoms with van der Waals surface area (Å²) in [5.41, 5.74) is 7.84. The fourth-order valence-electron chi connectivity index (χ4n) is 2.47. The van der Waals surface area contributed by atoms with Gasteiger partial charge in [-0.15, -0.1) is 0 Å². The number of nitro groups is 1. The minimum absolute atomic E-state index is 0.0980. The fraction of sp³-hybridized carbons (Fsp3) is 0.412. The number of hydrogen-bond donors (Lipinski definition) is 1. The van der Waals surface area contributed by atoms with Crippen molar-refractivity contribution in [1.82, 2.24) is 9.55 Å². The van der Waals surface area contributed by atoms with Crippen molar-refractivity contribution in [3.63, 3.8) is 0 Å². The molecule has 0 aliphatic rings. The van der Waals surface area contributed by atoms with Crippen LogP contribution in [0.15, 0.2) is 23.4 Å². The number of nitro benzene ring substituents is 1. The van der Waals surface area contributed by atoms with E-state index in [-0.39, 0.29) is 11.3 Å². The Morgan fingerprint density at radius 3 is 2.64 bits per heavy atom. The van der Waals surface area contributed by atoms with Crippen LogP contribution in [0.4, 0.5) is 5.69 Å². The fourth-order valence-corrected chi connectivity index (χ4v) is 3.56. The van der Waals surface area contributed by atoms with Crippen LogP contribution in [0, 0.1) is 29.9 Å². The molecule has 0 atom stereocenters. The number of primary amides is 1. The van der Waals surface area contributed by atoms with Gasteiger partial charge in [0.2, 0.25) is 5.91 Å². The Morgan fingerprint density at radius 2 is 2.08 bits per heavy atom. The van der Waals surface area contributed by atoms with Crippen LogP contribution in [0.5, 0.6) is 0 Å². The molecule has 1 aromatic carbocycles. The Kier molecular flexibility index (Phi) is 5.84. The number of hydrogen-bond acceptors (Lipinski definition) is 5. The lowest BCUT2D eigenvalue weighted by atomic mass is 10.1. The second-order valence-corrected chi connectivity index (χ2v) is 7.27. The Balaban J connectivity index is 2.29. The van der Waals surface area contributed by atoms with Gasteiger partial charge in [0, 0.05) is 35.2 Å². The molecule has 2 N–H and O–H groups in total. The van der Waals surface area contributed by atoms with E-state index in [9.17, 15) is 14.9 Å². The van der Waals surface area contributed by atoms with Gasteiger partial charge in [-0.25, -0.2) is 4.98 Å². The second kappa shape index (κ2) is 7.69. The van der Waals surface area contributed by atoms with Gasteiger partial charge in [-0.05, 0) is 25.8 Å². The maximum Gasteiger partial charge on any atom is 0.274 e. The number of nitrogens with two attached hydrogens (primary N) is 1. The lowest BCUT2D eigenvalue weighted by molar-refractivity contribution is -0.385. The smallest absolute Gasteiger partial charge is 0.274 e. The van der Waals surface area contributed by atoms with Crippen LogP contribution >= 0.6 is 11.8 Å². The minimum atomic E-state index is -0.680. The normalized spacial score (nSPS) is 11.1. The van der Waals surface area contributed by atoms with Crippen molar-refractivity contribution in [2.24, 2.45) is 11.7 Å². The molecule has 2 aromatic rings. The van der Waals surface area contributed by atoms with E-state index in [4.69, 9.17) is 5.73 Å². The first-order chi connectivity index (χ1) is 11.7. The Labute approximate surface area is 150 Å². The molecule has 25 heavy (non-hydrogen) atoms. The van der Waals surface area contributed by atoms with Gasteiger partial charge >= 0.3 is 0 Å². The molecule has 0 spiro atoms. The molecule has 0 saturated carbocycles. The number of aryl methyl sites for hydroxylation is 1. The van der Waals surface area contributed by atoms with Crippen molar-refractivity contribution in [3.05, 3.63) is 50.8 Å². The predicted molar refractivity (Wildman–Crippen MR) is 97.7 cm³/mol. The van der Waals surface area contributed by atoms with Crippen LogP contribution in [0.25, 0.3) is 0 Å². The van der Waals surface area contributed by atoms with Crippen molar-refractivity contribution >= 4 is 23.4 Å². The highest BCUT2D eigenvalue weighted by molar-refractivity contribution is 7.98. The van der Waals surface area contributed by atoms with Crippen LogP contribution in [-0.4, -0.2) is 20.4 Å². The highest BCUT2D eigenvalue weighted by atomic mass is 32.2. The molecule has 0 radical (unpaired) electrons. The number of nitrogens with zero attached hydrogens (tertiary/aromatic N) is 3. The standard InChI is InChI=1S/C17H22N4O3S/c1-10(2)8-20-12(4)11(3)19-17(20)25-9-14-6-5-13(16(18)22)7-15(14)21(23)24/h5-7,10H,8-9H2,1-4H3,(H2,18,22). The lowest BCUT2D eigenvalue weighted by Gasteiger charge is -2.12. The second-order valence-electron chi connectivity index (χ2n) is 6.32. The third-order valence-corrected chi connectivity index (χ3v) is 4.92. The first-order valence-electron chi connectivity index (χ1n) is 7.94. The summed E-state index contributed by atoms with van der Waals surface area (Å²) in [6.45, 7) is 9.10. The molecule has 1 amide bonds. The van der Waals surface area contributed by atoms with E-state index >= 15 is 0 Å². The minimum Gasteiger partial charge on any atom is -0.366 e. The molecular formula is C17H22N4O3S. The summed E-state index contributed by atoms with van der Waals surface area (Å²) in [6, 6.07) is 4.33. The summed E-state index contributed by atoms with van der Waals surface area (Å²) >= 11 is 1.45. The zero-order chi connectivity index (χ0) is 18.7. The highest BCUT2D eigenvalue weighted by Crippen LogP contribution is 2.30. The molecule has 7 nitrogen and oxygen atoms in total. The number of imidazole rings is 1. The van der Waals surface area contributed by atoms with Crippen molar-refractivity contribution in [2.75, 3.05) is 0 Å². The average Bonchev–Trinajstić information content (AvgIpc) is 2.79. The SMILES string of the molecule is Cc1nc(SCc2ccc(C(N)=O)cc2[N+](=O)[O-])n(CC(C)C)c1C. The zero-order valence-electron chi connectivity index (χ0n) is 14.8. The van der Waals surface area contributed by atoms with Gasteiger partial charge in [-0.1, -0.05) is 31.7 Å². The van der Waals surface area contributed by atoms with E-state index in [0.29, 0.717) is 17.2 Å². The Morgan fingerprint density at radius 1 is 1.40 bits per heavy atom. The Hall–Kier alpha value is -2.35. The van der Waals surface area contributed by atoms with Gasteiger partial charge in [0.1, 0.15) is 0 Å². The first kappa shape index (κ1) is 19.0. The van der Waals surface area contributed by atoms with Crippen LogP contribution in [0.2, 0.25) is 0 Å². The average molecular weight is 362 g/mol. The quantitative estimate of drug-likeness (QED) is 0.461. The molecule has 0 unspecified atom stereocenters. The molecule has 134 valence electrons. The summed E-state index contributed by atoms with van der Waals surface area (Å²) in [5, 5.41) is 12.1. The van der Waals surface area contributed by atoms with Gasteiger partial charge in [-0.3, -0.25) is 14.9 Å². The number of carbonyl (C=O) groups is 1. The van der Waals surface area contributed by atoms with Gasteiger partial charge in [0.25, 0.3) is 5.69 Å². The zero-order valence-corrected chi connectivity index (χ0v) is 15.6. The van der Waals surface area contributed by atoms with E-state index in [0.717, 1.165) is 23.1 Å². The van der Waals surface area contributed by atoms with Gasteiger partial charge in [0.05, 0.1) is 10.6 Å². The van der Waals surface area contributed by atoms with Crippen LogP contribution in [-0.2, 0) is 12.3 Å². The third-order valence-electron chi connectivity index (χ3n) is 3.89. The topological polar surface area (TPSA) is 104 Å². The number of benzene rings is 1. The number of thioether (sulfide) groups is 1. The van der Waals surface area contributed by atoms with Crippen molar-refractivity contribution in [2.45, 2.75) is 45.1 Å². The van der Waals surface area contributed by atoms with Crippen molar-refractivity contribution in [1.29, 1.82) is 0 Å². The molecule has 0 saturated heterocycles. The maximum atomic E-state index is 11.3. The predicted octanol–water partition coefficient (Wildman–Crippen LogP) is 3.46. The molecule has 0 bridgehead atoms. The first-order valence-corrected chi connectivity index (χ1v) is 8.93. The van der Waals surface area contributed by atoms with E-state index in [1.165, 1.54) is 23.9 Å². The Bertz CT molecular complexity index is 814. The summed E-state index contributed by atoms with van der Waals surface area (Å²) in [6.07, 6.45) is 0. The van der Waals surface area contributed by atoms with E-state index in [1.54, 1.807) is 6.07 Å². The largest absolute Gasteiger partial charge is 0.366 e. The van der Waals surface area contributed by atoms with E-state index < -0.39 is 10.8 Å². The van der Waals surface area contributed by atoms with Crippen molar-refractivity contribution < 1.29 is 9.72 Å². The molecule has 8 heteroatoms. The number of aromatic nitrogens is 2. The molecule has 1 aromatic heterocycles. The third kappa shape index (κ3) is 4.39. The van der Waals surface area contributed by atoms with Crippen LogP contribution < -0.4 is 5.73 Å². The lowest BCUT2D eigenvalue weighted by Crippen LogP contribution is -2.11. The number of amides is 1. The summed E-state index contributed by atoms with van der Waals surface area (Å²) < 4.78 is 2.15. The summed E-state index contributed by atoms with van der Waals surface area (Å²) in [4.78, 5) is 26.6. The van der Waals surface area contributed by atoms with E-state index in [1.807, 2.05) is 13.8 Å². The summed E-state index contributed by atoms with van der Waals surface area (Å²) in [7, 11) is 0. The molecule has 0 aliphatic carbocycles. The molecule has 2 rings (SSSR count). The maximum absolute atomic E-state index is 11.3. The van der Waals surface area contributed by atoms with Gasteiger partial charge in [-0.2, -0.15) is 0 Å². The molecule has 0 aliphatic heterocycles. The molecular weight excluding hydrogens is 340 g/mol. The highest BCUT2D eigenvalue weighted by Gasteiger charge is 2.19. The molecule has 0 fully saturated rings. The van der Waals surface area contributed by atoms with Gasteiger partial charge in [0.15, 0.2) is 5.16 Å². The van der Waals surface area contributed by atoms with Gasteiger partial charge < -0.3 is 10.3 Å². The van der Waals surface area contributed by atoms with Crippen LogP contribution in [0.1, 0.15) is 41.2 Å².